The fourth-order valence-corrected chi connectivity index (χ4v) is 2.11. The van der Waals surface area contributed by atoms with Crippen molar-refractivity contribution in [1.82, 2.24) is 5.32 Å². The summed E-state index contributed by atoms with van der Waals surface area (Å²) in [5.41, 5.74) is 7.24. The van der Waals surface area contributed by atoms with Gasteiger partial charge < -0.3 is 11.1 Å². The van der Waals surface area contributed by atoms with E-state index in [4.69, 9.17) is 5.73 Å². The summed E-state index contributed by atoms with van der Waals surface area (Å²) in [6, 6.07) is 7.61. The van der Waals surface area contributed by atoms with Crippen LogP contribution < -0.4 is 11.1 Å². The van der Waals surface area contributed by atoms with Gasteiger partial charge in [0.15, 0.2) is 0 Å². The van der Waals surface area contributed by atoms with Crippen LogP contribution in [0.3, 0.4) is 0 Å². The quantitative estimate of drug-likeness (QED) is 0.814. The fourth-order valence-electron chi connectivity index (χ4n) is 1.44. The first kappa shape index (κ1) is 14.1. The second-order valence-corrected chi connectivity index (χ2v) is 5.25. The van der Waals surface area contributed by atoms with Gasteiger partial charge in [-0.05, 0) is 30.4 Å². The van der Waals surface area contributed by atoms with Gasteiger partial charge >= 0.3 is 0 Å². The molecule has 17 heavy (non-hydrogen) atoms. The number of rotatable bonds is 6. The molecule has 0 spiro atoms. The monoisotopic (exact) mass is 252 g/mol. The zero-order chi connectivity index (χ0) is 12.7. The number of nitrogens with one attached hydrogen (secondary N) is 1. The molecule has 0 aliphatic heterocycles. The fraction of sp³-hybridized carbons (Fsp3) is 0.462. The molecule has 94 valence electrons. The Kier molecular flexibility index (Phi) is 6.08. The zero-order valence-corrected chi connectivity index (χ0v) is 11.2. The predicted octanol–water partition coefficient (Wildman–Crippen LogP) is 2.02. The second-order valence-electron chi connectivity index (χ2n) is 3.94. The van der Waals surface area contributed by atoms with Gasteiger partial charge in [-0.2, -0.15) is 11.8 Å². The molecule has 1 atom stereocenters. The second kappa shape index (κ2) is 7.35. The molecular formula is C13H20N2OS. The van der Waals surface area contributed by atoms with Gasteiger partial charge in [-0.15, -0.1) is 0 Å². The van der Waals surface area contributed by atoms with Crippen LogP contribution in [0, 0.1) is 0 Å². The number of thioether (sulfide) groups is 1. The minimum atomic E-state index is -0.0159. The number of amides is 1. The Hall–Kier alpha value is -1.00. The van der Waals surface area contributed by atoms with Gasteiger partial charge in [-0.25, -0.2) is 0 Å². The summed E-state index contributed by atoms with van der Waals surface area (Å²) < 4.78 is 0. The molecule has 3 N–H and O–H groups in total. The molecule has 3 nitrogen and oxygen atoms in total. The van der Waals surface area contributed by atoms with E-state index >= 15 is 0 Å². The topological polar surface area (TPSA) is 55.1 Å². The van der Waals surface area contributed by atoms with Crippen molar-refractivity contribution in [2.45, 2.75) is 26.4 Å². The lowest BCUT2D eigenvalue weighted by Crippen LogP contribution is -2.34. The third-order valence-electron chi connectivity index (χ3n) is 2.40. The molecule has 0 aromatic heterocycles. The van der Waals surface area contributed by atoms with E-state index in [-0.39, 0.29) is 11.9 Å². The molecule has 0 bridgehead atoms. The number of carbonyl (C=O) groups excluding carboxylic acids is 1. The Morgan fingerprint density at radius 3 is 2.59 bits per heavy atom. The van der Waals surface area contributed by atoms with Gasteiger partial charge in [0.05, 0.1) is 0 Å². The molecule has 1 unspecified atom stereocenters. The highest BCUT2D eigenvalue weighted by Gasteiger charge is 2.09. The number of nitrogens with two attached hydrogens (primary N) is 1. The van der Waals surface area contributed by atoms with Crippen molar-refractivity contribution in [2.24, 2.45) is 5.73 Å². The maximum Gasteiger partial charge on any atom is 0.251 e. The van der Waals surface area contributed by atoms with E-state index in [2.05, 4.69) is 12.2 Å². The van der Waals surface area contributed by atoms with Gasteiger partial charge in [0.1, 0.15) is 0 Å². The van der Waals surface area contributed by atoms with Crippen LogP contribution in [0.15, 0.2) is 24.3 Å². The van der Waals surface area contributed by atoms with Crippen molar-refractivity contribution in [3.63, 3.8) is 0 Å². The molecular weight excluding hydrogens is 232 g/mol. The van der Waals surface area contributed by atoms with Gasteiger partial charge in [0, 0.05) is 23.9 Å². The first-order chi connectivity index (χ1) is 8.17. The molecule has 0 aliphatic rings. The average molecular weight is 252 g/mol. The Labute approximate surface area is 107 Å². The Bertz CT molecular complexity index is 351. The SMILES string of the molecule is CCSCC(C)NC(=O)c1ccc(CN)cc1. The van der Waals surface area contributed by atoms with Gasteiger partial charge in [-0.3, -0.25) is 4.79 Å². The lowest BCUT2D eigenvalue weighted by molar-refractivity contribution is 0.0944. The summed E-state index contributed by atoms with van der Waals surface area (Å²) in [6.07, 6.45) is 0. The molecule has 0 saturated heterocycles. The zero-order valence-electron chi connectivity index (χ0n) is 10.4. The largest absolute Gasteiger partial charge is 0.349 e. The van der Waals surface area contributed by atoms with E-state index in [9.17, 15) is 4.79 Å². The highest BCUT2D eigenvalue weighted by Crippen LogP contribution is 2.06. The van der Waals surface area contributed by atoms with Crippen LogP contribution in [0.1, 0.15) is 29.8 Å². The molecule has 1 rings (SSSR count). The molecule has 1 amide bonds. The van der Waals surface area contributed by atoms with E-state index in [0.717, 1.165) is 17.1 Å². The van der Waals surface area contributed by atoms with Gasteiger partial charge in [0.25, 0.3) is 5.91 Å². The highest BCUT2D eigenvalue weighted by molar-refractivity contribution is 7.99. The van der Waals surface area contributed by atoms with Crippen LogP contribution in [-0.4, -0.2) is 23.5 Å². The van der Waals surface area contributed by atoms with Crippen molar-refractivity contribution in [1.29, 1.82) is 0 Å². The van der Waals surface area contributed by atoms with E-state index in [1.165, 1.54) is 0 Å². The molecule has 1 aromatic rings. The van der Waals surface area contributed by atoms with Crippen LogP contribution in [-0.2, 0) is 6.54 Å². The first-order valence-electron chi connectivity index (χ1n) is 5.85. The van der Waals surface area contributed by atoms with Gasteiger partial charge in [0.2, 0.25) is 0 Å². The molecule has 4 heteroatoms. The minimum Gasteiger partial charge on any atom is -0.349 e. The maximum absolute atomic E-state index is 11.9. The lowest BCUT2D eigenvalue weighted by Gasteiger charge is -2.13. The third-order valence-corrected chi connectivity index (χ3v) is 3.55. The normalized spacial score (nSPS) is 12.2. The van der Waals surface area contributed by atoms with E-state index in [1.54, 1.807) is 0 Å². The maximum atomic E-state index is 11.9. The minimum absolute atomic E-state index is 0.0159. The number of hydrogen-bond donors (Lipinski definition) is 2. The molecule has 1 aromatic carbocycles. The van der Waals surface area contributed by atoms with Crippen molar-refractivity contribution < 1.29 is 4.79 Å². The molecule has 0 aliphatic carbocycles. The van der Waals surface area contributed by atoms with Crippen molar-refractivity contribution in [3.05, 3.63) is 35.4 Å². The van der Waals surface area contributed by atoms with Crippen LogP contribution in [0.4, 0.5) is 0 Å². The summed E-state index contributed by atoms with van der Waals surface area (Å²) in [7, 11) is 0. The summed E-state index contributed by atoms with van der Waals surface area (Å²) in [4.78, 5) is 11.9. The molecule has 0 saturated carbocycles. The third kappa shape index (κ3) is 4.79. The Balaban J connectivity index is 2.51. The smallest absolute Gasteiger partial charge is 0.251 e. The Morgan fingerprint density at radius 1 is 1.41 bits per heavy atom. The van der Waals surface area contributed by atoms with Crippen LogP contribution in [0.2, 0.25) is 0 Å². The Morgan fingerprint density at radius 2 is 2.06 bits per heavy atom. The molecule has 0 fully saturated rings. The number of hydrogen-bond acceptors (Lipinski definition) is 3. The standard InChI is InChI=1S/C13H20N2OS/c1-3-17-9-10(2)15-13(16)12-6-4-11(8-14)5-7-12/h4-7,10H,3,8-9,14H2,1-2H3,(H,15,16). The highest BCUT2D eigenvalue weighted by atomic mass is 32.2. The summed E-state index contributed by atoms with van der Waals surface area (Å²) >= 11 is 1.83. The number of benzene rings is 1. The lowest BCUT2D eigenvalue weighted by atomic mass is 10.1. The van der Waals surface area contributed by atoms with Gasteiger partial charge in [-0.1, -0.05) is 19.1 Å². The van der Waals surface area contributed by atoms with Crippen molar-refractivity contribution >= 4 is 17.7 Å². The van der Waals surface area contributed by atoms with Crippen LogP contribution in [0.25, 0.3) is 0 Å². The molecule has 0 radical (unpaired) electrons. The van der Waals surface area contributed by atoms with Crippen LogP contribution >= 0.6 is 11.8 Å². The first-order valence-corrected chi connectivity index (χ1v) is 7.00. The van der Waals surface area contributed by atoms with E-state index in [1.807, 2.05) is 43.0 Å². The summed E-state index contributed by atoms with van der Waals surface area (Å²) in [5, 5.41) is 2.98. The number of carbonyl (C=O) groups is 1. The van der Waals surface area contributed by atoms with Crippen molar-refractivity contribution in [3.8, 4) is 0 Å². The predicted molar refractivity (Wildman–Crippen MR) is 74.3 cm³/mol. The van der Waals surface area contributed by atoms with E-state index in [0.29, 0.717) is 12.1 Å². The summed E-state index contributed by atoms with van der Waals surface area (Å²) in [6.45, 7) is 4.64. The van der Waals surface area contributed by atoms with Crippen molar-refractivity contribution in [2.75, 3.05) is 11.5 Å². The van der Waals surface area contributed by atoms with E-state index < -0.39 is 0 Å². The average Bonchev–Trinajstić information content (AvgIpc) is 2.36. The summed E-state index contributed by atoms with van der Waals surface area (Å²) in [5.74, 6) is 2.01. The molecule has 0 heterocycles. The van der Waals surface area contributed by atoms with Crippen LogP contribution in [0.5, 0.6) is 0 Å².